The van der Waals surface area contributed by atoms with E-state index in [1.54, 1.807) is 6.20 Å². The lowest BCUT2D eigenvalue weighted by Gasteiger charge is -2.24. The van der Waals surface area contributed by atoms with E-state index < -0.39 is 0 Å². The van der Waals surface area contributed by atoms with Crippen LogP contribution in [-0.4, -0.2) is 35.4 Å². The van der Waals surface area contributed by atoms with E-state index in [0.29, 0.717) is 18.9 Å². The van der Waals surface area contributed by atoms with Crippen molar-refractivity contribution in [1.29, 1.82) is 0 Å². The third-order valence-electron chi connectivity index (χ3n) is 4.94. The molecule has 1 aromatic heterocycles. The number of nitrogens with zero attached hydrogens (tertiary/aromatic N) is 3. The van der Waals surface area contributed by atoms with Crippen molar-refractivity contribution in [3.63, 3.8) is 0 Å². The van der Waals surface area contributed by atoms with Crippen LogP contribution in [0, 0.1) is 6.92 Å². The second-order valence-electron chi connectivity index (χ2n) is 6.83. The second-order valence-corrected chi connectivity index (χ2v) is 6.83. The third-order valence-corrected chi connectivity index (χ3v) is 4.94. The highest BCUT2D eigenvalue weighted by atomic mass is 16.4. The highest BCUT2D eigenvalue weighted by molar-refractivity contribution is 5.77. The Morgan fingerprint density at radius 3 is 2.34 bits per heavy atom. The molecule has 0 N–H and O–H groups in total. The molecule has 4 rings (SSSR count). The van der Waals surface area contributed by atoms with Gasteiger partial charge in [0.2, 0.25) is 5.91 Å². The number of aryl methyl sites for hydroxylation is 1. The lowest BCUT2D eigenvalue weighted by Crippen LogP contribution is -2.32. The largest absolute Gasteiger partial charge is 0.441 e. The van der Waals surface area contributed by atoms with Crippen LogP contribution in [0.3, 0.4) is 0 Å². The van der Waals surface area contributed by atoms with Crippen LogP contribution in [0.5, 0.6) is 0 Å². The number of hydrogen-bond acceptors (Lipinski definition) is 4. The molecular weight excluding hydrogens is 362 g/mol. The first-order valence-corrected chi connectivity index (χ1v) is 10.3. The zero-order valence-corrected chi connectivity index (χ0v) is 17.5. The van der Waals surface area contributed by atoms with Gasteiger partial charge >= 0.3 is 0 Å². The number of carbonyl (C=O) groups is 1. The lowest BCUT2D eigenvalue weighted by molar-refractivity contribution is -0.130. The van der Waals surface area contributed by atoms with Crippen LogP contribution in [0.25, 0.3) is 11.3 Å². The van der Waals surface area contributed by atoms with E-state index in [-0.39, 0.29) is 5.91 Å². The van der Waals surface area contributed by atoms with Crippen molar-refractivity contribution in [1.82, 2.24) is 9.88 Å². The molecule has 2 heterocycles. The van der Waals surface area contributed by atoms with Crippen molar-refractivity contribution in [3.8, 4) is 11.3 Å². The van der Waals surface area contributed by atoms with Crippen LogP contribution < -0.4 is 4.90 Å². The van der Waals surface area contributed by atoms with Crippen LogP contribution >= 0.6 is 0 Å². The normalized spacial score (nSPS) is 14.2. The Hall–Kier alpha value is -3.08. The molecule has 152 valence electrons. The van der Waals surface area contributed by atoms with Crippen LogP contribution in [0.15, 0.2) is 65.2 Å². The minimum Gasteiger partial charge on any atom is -0.441 e. The van der Waals surface area contributed by atoms with Gasteiger partial charge in [0.1, 0.15) is 0 Å². The molecule has 0 aliphatic carbocycles. The molecule has 1 saturated heterocycles. The minimum atomic E-state index is 0.218. The summed E-state index contributed by atoms with van der Waals surface area (Å²) in [5, 5.41) is 0. The fourth-order valence-electron chi connectivity index (χ4n) is 3.43. The summed E-state index contributed by atoms with van der Waals surface area (Å²) in [7, 11) is 0. The Kier molecular flexibility index (Phi) is 7.06. The van der Waals surface area contributed by atoms with Crippen LogP contribution in [0.2, 0.25) is 0 Å². The predicted octanol–water partition coefficient (Wildman–Crippen LogP) is 4.92. The maximum Gasteiger partial charge on any atom is 0.224 e. The van der Waals surface area contributed by atoms with Crippen LogP contribution in [0.1, 0.15) is 31.7 Å². The molecule has 2 aromatic carbocycles. The molecule has 1 aliphatic heterocycles. The summed E-state index contributed by atoms with van der Waals surface area (Å²) in [6.45, 7) is 8.83. The SMILES string of the molecule is CC.Cc1ncc(-c2ccc(N3CCC(=O)N(Cc4ccccc4)CC3)cc2)o1. The summed E-state index contributed by atoms with van der Waals surface area (Å²) in [6, 6.07) is 18.4. The predicted molar refractivity (Wildman–Crippen MR) is 117 cm³/mol. The number of hydrogen-bond donors (Lipinski definition) is 0. The summed E-state index contributed by atoms with van der Waals surface area (Å²) in [5.74, 6) is 1.66. The molecule has 1 fully saturated rings. The number of anilines is 1. The van der Waals surface area contributed by atoms with E-state index in [9.17, 15) is 4.79 Å². The van der Waals surface area contributed by atoms with Gasteiger partial charge in [-0.25, -0.2) is 4.98 Å². The molecule has 5 heteroatoms. The first-order chi connectivity index (χ1) is 14.2. The molecule has 1 amide bonds. The Morgan fingerprint density at radius 2 is 1.69 bits per heavy atom. The van der Waals surface area contributed by atoms with E-state index in [2.05, 4.69) is 34.1 Å². The van der Waals surface area contributed by atoms with Crippen molar-refractivity contribution in [3.05, 3.63) is 72.2 Å². The lowest BCUT2D eigenvalue weighted by atomic mass is 10.1. The number of aromatic nitrogens is 1. The van der Waals surface area contributed by atoms with E-state index in [1.807, 2.05) is 56.0 Å². The molecule has 0 bridgehead atoms. The van der Waals surface area contributed by atoms with Gasteiger partial charge in [-0.05, 0) is 29.8 Å². The van der Waals surface area contributed by atoms with Gasteiger partial charge in [0.05, 0.1) is 6.20 Å². The number of oxazole rings is 1. The van der Waals surface area contributed by atoms with E-state index in [4.69, 9.17) is 4.42 Å². The number of amides is 1. The fourth-order valence-corrected chi connectivity index (χ4v) is 3.43. The molecular formula is C24H29N3O2. The van der Waals surface area contributed by atoms with E-state index >= 15 is 0 Å². The van der Waals surface area contributed by atoms with Crippen molar-refractivity contribution in [2.45, 2.75) is 33.7 Å². The van der Waals surface area contributed by atoms with Crippen LogP contribution in [-0.2, 0) is 11.3 Å². The monoisotopic (exact) mass is 391 g/mol. The zero-order valence-electron chi connectivity index (χ0n) is 17.5. The van der Waals surface area contributed by atoms with E-state index in [0.717, 1.165) is 36.6 Å². The minimum absolute atomic E-state index is 0.218. The van der Waals surface area contributed by atoms with E-state index in [1.165, 1.54) is 5.56 Å². The summed E-state index contributed by atoms with van der Waals surface area (Å²) < 4.78 is 5.58. The summed E-state index contributed by atoms with van der Waals surface area (Å²) >= 11 is 0. The summed E-state index contributed by atoms with van der Waals surface area (Å²) in [5.41, 5.74) is 3.31. The number of rotatable bonds is 4. The smallest absolute Gasteiger partial charge is 0.224 e. The molecule has 0 saturated carbocycles. The Bertz CT molecular complexity index is 903. The maximum absolute atomic E-state index is 12.5. The average molecular weight is 392 g/mol. The quantitative estimate of drug-likeness (QED) is 0.634. The Labute approximate surface area is 173 Å². The molecule has 0 unspecified atom stereocenters. The molecule has 29 heavy (non-hydrogen) atoms. The molecule has 5 nitrogen and oxygen atoms in total. The summed E-state index contributed by atoms with van der Waals surface area (Å²) in [6.07, 6.45) is 2.28. The molecule has 0 atom stereocenters. The second kappa shape index (κ2) is 9.92. The first-order valence-electron chi connectivity index (χ1n) is 10.3. The average Bonchev–Trinajstić information content (AvgIpc) is 3.13. The van der Waals surface area contributed by atoms with Gasteiger partial charge in [0.15, 0.2) is 11.7 Å². The fraction of sp³-hybridized carbons (Fsp3) is 0.333. The highest BCUT2D eigenvalue weighted by Crippen LogP contribution is 2.25. The van der Waals surface area contributed by atoms with Gasteiger partial charge in [-0.3, -0.25) is 4.79 Å². The van der Waals surface area contributed by atoms with Crippen molar-refractivity contribution in [2.75, 3.05) is 24.5 Å². The zero-order chi connectivity index (χ0) is 20.6. The highest BCUT2D eigenvalue weighted by Gasteiger charge is 2.21. The van der Waals surface area contributed by atoms with Crippen molar-refractivity contribution in [2.24, 2.45) is 0 Å². The topological polar surface area (TPSA) is 49.6 Å². The first kappa shape index (κ1) is 20.6. The number of benzene rings is 2. The van der Waals surface area contributed by atoms with Gasteiger partial charge in [-0.2, -0.15) is 0 Å². The third kappa shape index (κ3) is 5.25. The van der Waals surface area contributed by atoms with Gasteiger partial charge < -0.3 is 14.2 Å². The maximum atomic E-state index is 12.5. The van der Waals surface area contributed by atoms with Crippen LogP contribution in [0.4, 0.5) is 5.69 Å². The summed E-state index contributed by atoms with van der Waals surface area (Å²) in [4.78, 5) is 20.9. The van der Waals surface area contributed by atoms with Gasteiger partial charge in [-0.1, -0.05) is 44.2 Å². The van der Waals surface area contributed by atoms with Crippen molar-refractivity contribution >= 4 is 11.6 Å². The van der Waals surface area contributed by atoms with Gasteiger partial charge in [0.25, 0.3) is 0 Å². The molecule has 0 spiro atoms. The Balaban J connectivity index is 0.00000117. The van der Waals surface area contributed by atoms with Gasteiger partial charge in [-0.15, -0.1) is 0 Å². The standard InChI is InChI=1S/C22H23N3O2.C2H6/c1-17-23-15-21(27-17)19-7-9-20(10-8-19)24-12-11-22(26)25(14-13-24)16-18-5-3-2-4-6-18;1-2/h2-10,15H,11-14,16H2,1H3;1-2H3. The Morgan fingerprint density at radius 1 is 0.966 bits per heavy atom. The van der Waals surface area contributed by atoms with Crippen molar-refractivity contribution < 1.29 is 9.21 Å². The number of carbonyl (C=O) groups excluding carboxylic acids is 1. The van der Waals surface area contributed by atoms with Gasteiger partial charge in [0, 0.05) is 50.8 Å². The molecule has 3 aromatic rings. The molecule has 1 aliphatic rings. The molecule has 0 radical (unpaired) electrons.